The molecule has 0 fully saturated rings. The number of phenols is 1. The summed E-state index contributed by atoms with van der Waals surface area (Å²) in [6, 6.07) is 9.87. The maximum absolute atomic E-state index is 13.7. The van der Waals surface area contributed by atoms with E-state index in [0.717, 1.165) is 6.07 Å². The van der Waals surface area contributed by atoms with Gasteiger partial charge in [0, 0.05) is 16.6 Å². The summed E-state index contributed by atoms with van der Waals surface area (Å²) in [6.07, 6.45) is 0.353. The number of carbonyl (C=O) groups excluding carboxylic acids is 1. The highest BCUT2D eigenvalue weighted by molar-refractivity contribution is 6.05. The number of hydrogen-bond donors (Lipinski definition) is 2. The Bertz CT molecular complexity index is 1110. The smallest absolute Gasteiger partial charge is 0.311 e. The molecule has 3 rings (SSSR count). The monoisotopic (exact) mass is 397 g/mol. The summed E-state index contributed by atoms with van der Waals surface area (Å²) in [6.45, 7) is 7.54. The quantitative estimate of drug-likeness (QED) is 0.643. The van der Waals surface area contributed by atoms with E-state index in [-0.39, 0.29) is 16.7 Å². The first-order valence-electron chi connectivity index (χ1n) is 9.36. The molecular weight excluding hydrogens is 373 g/mol. The minimum Gasteiger partial charge on any atom is -0.508 e. The number of halogens is 1. The zero-order valence-electron chi connectivity index (χ0n) is 16.9. The van der Waals surface area contributed by atoms with Gasteiger partial charge in [0.1, 0.15) is 11.6 Å². The molecule has 2 N–H and O–H groups in total. The third-order valence-electron chi connectivity index (χ3n) is 4.97. The molecule has 0 radical (unpaired) electrons. The van der Waals surface area contributed by atoms with Crippen LogP contribution in [0.5, 0.6) is 5.75 Å². The highest BCUT2D eigenvalue weighted by Crippen LogP contribution is 2.39. The fraction of sp³-hybridized carbons (Fsp3) is 0.304. The van der Waals surface area contributed by atoms with Crippen molar-refractivity contribution in [1.29, 1.82) is 0 Å². The second-order valence-electron chi connectivity index (χ2n) is 8.51. The zero-order chi connectivity index (χ0) is 21.5. The van der Waals surface area contributed by atoms with Crippen LogP contribution in [0.15, 0.2) is 42.5 Å². The van der Waals surface area contributed by atoms with Crippen LogP contribution in [-0.2, 0) is 4.79 Å². The average Bonchev–Trinajstić information content (AvgIpc) is 2.89. The number of carboxylic acid groups (broad SMARTS) is 1. The number of carboxylic acids is 1. The minimum atomic E-state index is -0.997. The number of carbonyl (C=O) groups is 2. The lowest BCUT2D eigenvalue weighted by Gasteiger charge is -2.24. The number of aromatic hydroxyl groups is 1. The molecule has 2 aromatic carbocycles. The van der Waals surface area contributed by atoms with Crippen molar-refractivity contribution >= 4 is 22.8 Å². The molecule has 0 bridgehead atoms. The van der Waals surface area contributed by atoms with Crippen molar-refractivity contribution in [2.75, 3.05) is 0 Å². The summed E-state index contributed by atoms with van der Waals surface area (Å²) in [5.41, 5.74) is 1.32. The van der Waals surface area contributed by atoms with E-state index >= 15 is 0 Å². The lowest BCUT2D eigenvalue weighted by molar-refractivity contribution is -0.139. The SMILES string of the molecule is Cc1c([C@H](CC(C)(C)C)C(=O)O)c2cc(O)ccc2n1C(=O)c1cccc(F)c1. The molecular formula is C23H24FNO4. The molecule has 3 aromatic rings. The van der Waals surface area contributed by atoms with Crippen LogP contribution in [0.4, 0.5) is 4.39 Å². The molecule has 0 aliphatic heterocycles. The van der Waals surface area contributed by atoms with Gasteiger partial charge < -0.3 is 10.2 Å². The van der Waals surface area contributed by atoms with Crippen molar-refractivity contribution in [2.24, 2.45) is 5.41 Å². The Morgan fingerprint density at radius 3 is 2.41 bits per heavy atom. The van der Waals surface area contributed by atoms with Crippen LogP contribution in [-0.4, -0.2) is 26.7 Å². The standard InChI is InChI=1S/C23H24FNO4/c1-13-20(18(22(28)29)12-23(2,3)4)17-11-16(26)8-9-19(17)25(13)21(27)14-6-5-7-15(24)10-14/h5-11,18,26H,12H2,1-4H3,(H,28,29)/t18-/m0/s1. The number of rotatable bonds is 4. The van der Waals surface area contributed by atoms with E-state index < -0.39 is 23.6 Å². The maximum atomic E-state index is 13.7. The Labute approximate surface area is 168 Å². The minimum absolute atomic E-state index is 0.0194. The number of fused-ring (bicyclic) bond motifs is 1. The summed E-state index contributed by atoms with van der Waals surface area (Å²) < 4.78 is 15.1. The molecule has 29 heavy (non-hydrogen) atoms. The molecule has 1 heterocycles. The first-order valence-corrected chi connectivity index (χ1v) is 9.36. The molecule has 0 amide bonds. The summed E-state index contributed by atoms with van der Waals surface area (Å²) in [7, 11) is 0. The number of nitrogens with zero attached hydrogens (tertiary/aromatic N) is 1. The van der Waals surface area contributed by atoms with E-state index in [4.69, 9.17) is 0 Å². The summed E-state index contributed by atoms with van der Waals surface area (Å²) >= 11 is 0. The lowest BCUT2D eigenvalue weighted by Crippen LogP contribution is -2.21. The lowest BCUT2D eigenvalue weighted by atomic mass is 9.80. The van der Waals surface area contributed by atoms with Gasteiger partial charge in [-0.3, -0.25) is 14.2 Å². The number of benzene rings is 2. The van der Waals surface area contributed by atoms with Gasteiger partial charge in [0.05, 0.1) is 11.4 Å². The van der Waals surface area contributed by atoms with Crippen LogP contribution in [0.1, 0.15) is 54.7 Å². The Kier molecular flexibility index (Phi) is 5.22. The molecule has 0 unspecified atom stereocenters. The topological polar surface area (TPSA) is 79.5 Å². The number of aliphatic carboxylic acids is 1. The van der Waals surface area contributed by atoms with Crippen molar-refractivity contribution in [3.05, 3.63) is 65.1 Å². The van der Waals surface area contributed by atoms with Crippen LogP contribution in [0.3, 0.4) is 0 Å². The predicted molar refractivity (Wildman–Crippen MR) is 109 cm³/mol. The fourth-order valence-electron chi connectivity index (χ4n) is 3.81. The first-order chi connectivity index (χ1) is 13.5. The highest BCUT2D eigenvalue weighted by Gasteiger charge is 2.32. The van der Waals surface area contributed by atoms with Crippen molar-refractivity contribution in [3.63, 3.8) is 0 Å². The molecule has 0 saturated heterocycles. The second-order valence-corrected chi connectivity index (χ2v) is 8.51. The number of aromatic nitrogens is 1. The third kappa shape index (κ3) is 4.01. The van der Waals surface area contributed by atoms with Crippen LogP contribution in [0.2, 0.25) is 0 Å². The molecule has 1 aromatic heterocycles. The zero-order valence-corrected chi connectivity index (χ0v) is 16.9. The molecule has 1 atom stereocenters. The molecule has 0 saturated carbocycles. The van der Waals surface area contributed by atoms with Gasteiger partial charge in [-0.25, -0.2) is 4.39 Å². The van der Waals surface area contributed by atoms with Crippen LogP contribution < -0.4 is 0 Å². The van der Waals surface area contributed by atoms with Crippen LogP contribution in [0, 0.1) is 18.2 Å². The van der Waals surface area contributed by atoms with E-state index in [9.17, 15) is 24.2 Å². The molecule has 0 aliphatic carbocycles. The highest BCUT2D eigenvalue weighted by atomic mass is 19.1. The Morgan fingerprint density at radius 1 is 1.14 bits per heavy atom. The predicted octanol–water partition coefficient (Wildman–Crippen LogP) is 5.09. The molecule has 6 heteroatoms. The van der Waals surface area contributed by atoms with E-state index in [2.05, 4.69) is 0 Å². The fourth-order valence-corrected chi connectivity index (χ4v) is 3.81. The van der Waals surface area contributed by atoms with Gasteiger partial charge in [-0.05, 0) is 60.7 Å². The van der Waals surface area contributed by atoms with Crippen molar-refractivity contribution in [2.45, 2.75) is 40.0 Å². The summed E-state index contributed by atoms with van der Waals surface area (Å²) in [5, 5.41) is 20.5. The first kappa shape index (κ1) is 20.6. The maximum Gasteiger partial charge on any atom is 0.311 e. The summed E-state index contributed by atoms with van der Waals surface area (Å²) in [4.78, 5) is 25.3. The number of phenolic OH excluding ortho intramolecular Hbond substituents is 1. The van der Waals surface area contributed by atoms with Crippen molar-refractivity contribution in [1.82, 2.24) is 4.57 Å². The van der Waals surface area contributed by atoms with Gasteiger partial charge in [-0.15, -0.1) is 0 Å². The van der Waals surface area contributed by atoms with E-state index in [1.54, 1.807) is 13.0 Å². The second kappa shape index (κ2) is 7.35. The average molecular weight is 397 g/mol. The van der Waals surface area contributed by atoms with Gasteiger partial charge in [0.25, 0.3) is 5.91 Å². The van der Waals surface area contributed by atoms with Crippen molar-refractivity contribution < 1.29 is 24.2 Å². The Balaban J connectivity index is 2.29. The molecule has 0 aliphatic rings. The van der Waals surface area contributed by atoms with E-state index in [1.165, 1.54) is 34.9 Å². The van der Waals surface area contributed by atoms with Crippen molar-refractivity contribution in [3.8, 4) is 5.75 Å². The Hall–Kier alpha value is -3.15. The largest absolute Gasteiger partial charge is 0.508 e. The number of hydrogen-bond acceptors (Lipinski definition) is 3. The van der Waals surface area contributed by atoms with E-state index in [1.807, 2.05) is 20.8 Å². The van der Waals surface area contributed by atoms with Gasteiger partial charge in [0.15, 0.2) is 0 Å². The van der Waals surface area contributed by atoms with Crippen LogP contribution in [0.25, 0.3) is 10.9 Å². The van der Waals surface area contributed by atoms with Gasteiger partial charge in [-0.1, -0.05) is 26.8 Å². The third-order valence-corrected chi connectivity index (χ3v) is 4.97. The van der Waals surface area contributed by atoms with Gasteiger partial charge in [0.2, 0.25) is 0 Å². The Morgan fingerprint density at radius 2 is 1.83 bits per heavy atom. The van der Waals surface area contributed by atoms with Gasteiger partial charge >= 0.3 is 5.97 Å². The molecule has 0 spiro atoms. The molecule has 152 valence electrons. The normalized spacial score (nSPS) is 12.9. The van der Waals surface area contributed by atoms with E-state index in [0.29, 0.717) is 28.6 Å². The van der Waals surface area contributed by atoms with Crippen LogP contribution >= 0.6 is 0 Å². The summed E-state index contributed by atoms with van der Waals surface area (Å²) in [5.74, 6) is -2.86. The van der Waals surface area contributed by atoms with Gasteiger partial charge in [-0.2, -0.15) is 0 Å². The molecule has 5 nitrogen and oxygen atoms in total.